The van der Waals surface area contributed by atoms with Gasteiger partial charge in [-0.2, -0.15) is 4.31 Å². The zero-order valence-electron chi connectivity index (χ0n) is 15.8. The van der Waals surface area contributed by atoms with Crippen LogP contribution in [0.3, 0.4) is 0 Å². The van der Waals surface area contributed by atoms with Crippen molar-refractivity contribution >= 4 is 15.9 Å². The number of nitrogens with zero attached hydrogens (tertiary/aromatic N) is 1. The average molecular weight is 393 g/mol. The number of ether oxygens (including phenoxy) is 1. The predicted molar refractivity (Wildman–Crippen MR) is 102 cm³/mol. The van der Waals surface area contributed by atoms with Crippen LogP contribution in [0, 0.1) is 17.8 Å². The number of carbonyl (C=O) groups is 1. The van der Waals surface area contributed by atoms with E-state index in [0.29, 0.717) is 43.6 Å². The van der Waals surface area contributed by atoms with Gasteiger partial charge in [0, 0.05) is 25.0 Å². The molecule has 148 valence electrons. The average Bonchev–Trinajstić information content (AvgIpc) is 3.31. The van der Waals surface area contributed by atoms with E-state index >= 15 is 0 Å². The third-order valence-electron chi connectivity index (χ3n) is 6.59. The van der Waals surface area contributed by atoms with Crippen molar-refractivity contribution in [3.05, 3.63) is 24.3 Å². The van der Waals surface area contributed by atoms with E-state index in [9.17, 15) is 13.2 Å². The highest BCUT2D eigenvalue weighted by atomic mass is 32.2. The van der Waals surface area contributed by atoms with E-state index in [4.69, 9.17) is 4.74 Å². The molecule has 2 bridgehead atoms. The first-order chi connectivity index (χ1) is 13.0. The number of piperidine rings is 1. The molecule has 1 aromatic rings. The maximum Gasteiger partial charge on any atom is 0.243 e. The van der Waals surface area contributed by atoms with Crippen molar-refractivity contribution in [2.45, 2.75) is 49.5 Å². The lowest BCUT2D eigenvalue weighted by molar-refractivity contribution is -0.127. The van der Waals surface area contributed by atoms with Crippen molar-refractivity contribution in [3.8, 4) is 5.75 Å². The summed E-state index contributed by atoms with van der Waals surface area (Å²) in [5, 5.41) is 3.26. The zero-order valence-corrected chi connectivity index (χ0v) is 16.6. The van der Waals surface area contributed by atoms with Gasteiger partial charge in [-0.3, -0.25) is 4.79 Å². The standard InChI is InChI=1S/C20H28N2O4S/c1-26-17-4-6-18(7-5-17)27(24,25)22-10-8-15(9-11-22)20(23)21-19-13-14-2-3-16(19)12-14/h4-7,14-16,19H,2-3,8-13H2,1H3,(H,21,23). The molecule has 3 unspecified atom stereocenters. The van der Waals surface area contributed by atoms with Crippen molar-refractivity contribution in [1.82, 2.24) is 9.62 Å². The third kappa shape index (κ3) is 3.72. The van der Waals surface area contributed by atoms with Gasteiger partial charge in [0.2, 0.25) is 15.9 Å². The topological polar surface area (TPSA) is 75.7 Å². The smallest absolute Gasteiger partial charge is 0.243 e. The molecule has 0 spiro atoms. The molecule has 27 heavy (non-hydrogen) atoms. The van der Waals surface area contributed by atoms with Crippen LogP contribution in [0.2, 0.25) is 0 Å². The Morgan fingerprint density at radius 3 is 2.33 bits per heavy atom. The lowest BCUT2D eigenvalue weighted by Crippen LogP contribution is -2.46. The first-order valence-corrected chi connectivity index (χ1v) is 11.4. The second-order valence-electron chi connectivity index (χ2n) is 8.14. The number of carbonyl (C=O) groups excluding carboxylic acids is 1. The van der Waals surface area contributed by atoms with E-state index in [2.05, 4.69) is 5.32 Å². The molecule has 1 amide bonds. The minimum Gasteiger partial charge on any atom is -0.497 e. The van der Waals surface area contributed by atoms with Crippen molar-refractivity contribution in [3.63, 3.8) is 0 Å². The number of rotatable bonds is 5. The SMILES string of the molecule is COc1ccc(S(=O)(=O)N2CCC(C(=O)NC3CC4CCC3C4)CC2)cc1. The Morgan fingerprint density at radius 1 is 1.07 bits per heavy atom. The van der Waals surface area contributed by atoms with Gasteiger partial charge < -0.3 is 10.1 Å². The molecule has 1 saturated heterocycles. The Hall–Kier alpha value is -1.60. The van der Waals surface area contributed by atoms with Crippen molar-refractivity contribution in [2.75, 3.05) is 20.2 Å². The Bertz CT molecular complexity index is 785. The van der Waals surface area contributed by atoms with Crippen LogP contribution in [-0.2, 0) is 14.8 Å². The summed E-state index contributed by atoms with van der Waals surface area (Å²) in [6.45, 7) is 0.784. The molecule has 3 fully saturated rings. The highest BCUT2D eigenvalue weighted by Crippen LogP contribution is 2.44. The molecule has 3 atom stereocenters. The normalized spacial score (nSPS) is 29.0. The first kappa shape index (κ1) is 18.7. The fourth-order valence-corrected chi connectivity index (χ4v) is 6.45. The van der Waals surface area contributed by atoms with Crippen LogP contribution < -0.4 is 10.1 Å². The summed E-state index contributed by atoms with van der Waals surface area (Å²) in [6.07, 6.45) is 6.13. The Kier molecular flexibility index (Phi) is 5.16. The van der Waals surface area contributed by atoms with Gasteiger partial charge in [-0.15, -0.1) is 0 Å². The Labute approximate surface area is 161 Å². The monoisotopic (exact) mass is 392 g/mol. The summed E-state index contributed by atoms with van der Waals surface area (Å²) in [5.41, 5.74) is 0. The lowest BCUT2D eigenvalue weighted by Gasteiger charge is -2.32. The number of fused-ring (bicyclic) bond motifs is 2. The summed E-state index contributed by atoms with van der Waals surface area (Å²) in [7, 11) is -1.97. The largest absolute Gasteiger partial charge is 0.497 e. The molecule has 1 aromatic carbocycles. The summed E-state index contributed by atoms with van der Waals surface area (Å²) >= 11 is 0. The maximum absolute atomic E-state index is 12.8. The van der Waals surface area contributed by atoms with E-state index in [1.165, 1.54) is 23.6 Å². The van der Waals surface area contributed by atoms with Gasteiger partial charge in [0.1, 0.15) is 5.75 Å². The van der Waals surface area contributed by atoms with Crippen LogP contribution in [0.25, 0.3) is 0 Å². The van der Waals surface area contributed by atoms with Crippen LogP contribution in [-0.4, -0.2) is 44.9 Å². The molecule has 2 saturated carbocycles. The van der Waals surface area contributed by atoms with Crippen LogP contribution in [0.1, 0.15) is 38.5 Å². The number of nitrogens with one attached hydrogen (secondary N) is 1. The van der Waals surface area contributed by atoms with Crippen molar-refractivity contribution in [1.29, 1.82) is 0 Å². The molecular weight excluding hydrogens is 364 g/mol. The molecule has 4 rings (SSSR count). The summed E-state index contributed by atoms with van der Waals surface area (Å²) in [6, 6.07) is 6.80. The van der Waals surface area contributed by atoms with E-state index in [-0.39, 0.29) is 16.7 Å². The Balaban J connectivity index is 1.33. The van der Waals surface area contributed by atoms with Crippen LogP contribution in [0.5, 0.6) is 5.75 Å². The van der Waals surface area contributed by atoms with Gasteiger partial charge in [0.25, 0.3) is 0 Å². The minimum absolute atomic E-state index is 0.0774. The van der Waals surface area contributed by atoms with Crippen molar-refractivity contribution < 1.29 is 17.9 Å². The lowest BCUT2D eigenvalue weighted by atomic mass is 9.93. The van der Waals surface area contributed by atoms with Gasteiger partial charge in [0.15, 0.2) is 0 Å². The quantitative estimate of drug-likeness (QED) is 0.835. The molecular formula is C20H28N2O4S. The predicted octanol–water partition coefficient (Wildman–Crippen LogP) is 2.40. The summed E-state index contributed by atoms with van der Waals surface area (Å²) in [4.78, 5) is 12.9. The molecule has 1 N–H and O–H groups in total. The molecule has 2 aliphatic carbocycles. The van der Waals surface area contributed by atoms with E-state index in [1.807, 2.05) is 0 Å². The van der Waals surface area contributed by atoms with Gasteiger partial charge in [-0.05, 0) is 68.2 Å². The number of hydrogen-bond acceptors (Lipinski definition) is 4. The van der Waals surface area contributed by atoms with E-state index < -0.39 is 10.0 Å². The van der Waals surface area contributed by atoms with Crippen molar-refractivity contribution in [2.24, 2.45) is 17.8 Å². The second-order valence-corrected chi connectivity index (χ2v) is 10.1. The van der Waals surface area contributed by atoms with Crippen LogP contribution >= 0.6 is 0 Å². The number of benzene rings is 1. The molecule has 1 heterocycles. The maximum atomic E-state index is 12.8. The summed E-state index contributed by atoms with van der Waals surface area (Å²) < 4.78 is 32.2. The third-order valence-corrected chi connectivity index (χ3v) is 8.50. The second kappa shape index (κ2) is 7.43. The van der Waals surface area contributed by atoms with E-state index in [1.54, 1.807) is 31.4 Å². The molecule has 0 radical (unpaired) electrons. The molecule has 1 aliphatic heterocycles. The fourth-order valence-electron chi connectivity index (χ4n) is 4.98. The Morgan fingerprint density at radius 2 is 1.78 bits per heavy atom. The van der Waals surface area contributed by atoms with Crippen LogP contribution in [0.15, 0.2) is 29.2 Å². The number of hydrogen-bond donors (Lipinski definition) is 1. The highest BCUT2D eigenvalue weighted by Gasteiger charge is 2.41. The number of amides is 1. The molecule has 0 aromatic heterocycles. The van der Waals surface area contributed by atoms with Crippen LogP contribution in [0.4, 0.5) is 0 Å². The van der Waals surface area contributed by atoms with E-state index in [0.717, 1.165) is 12.3 Å². The highest BCUT2D eigenvalue weighted by molar-refractivity contribution is 7.89. The first-order valence-electron chi connectivity index (χ1n) is 9.92. The summed E-state index contributed by atoms with van der Waals surface area (Å²) in [5.74, 6) is 2.14. The number of sulfonamides is 1. The minimum atomic E-state index is -3.52. The molecule has 7 heteroatoms. The van der Waals surface area contributed by atoms with Gasteiger partial charge in [-0.1, -0.05) is 6.42 Å². The van der Waals surface area contributed by atoms with Gasteiger partial charge >= 0.3 is 0 Å². The molecule has 3 aliphatic rings. The fraction of sp³-hybridized carbons (Fsp3) is 0.650. The van der Waals surface area contributed by atoms with Gasteiger partial charge in [-0.25, -0.2) is 8.42 Å². The number of methoxy groups -OCH3 is 1. The zero-order chi connectivity index (χ0) is 19.0. The molecule has 6 nitrogen and oxygen atoms in total. The van der Waals surface area contributed by atoms with Gasteiger partial charge in [0.05, 0.1) is 12.0 Å².